The van der Waals surface area contributed by atoms with E-state index in [9.17, 15) is 23.4 Å². The van der Waals surface area contributed by atoms with Crippen LogP contribution in [0.3, 0.4) is 0 Å². The zero-order valence-electron chi connectivity index (χ0n) is 35.0. The molecule has 7 aliphatic rings. The molecule has 2 heterocycles. The van der Waals surface area contributed by atoms with Crippen LogP contribution in [0.4, 0.5) is 13.2 Å². The van der Waals surface area contributed by atoms with Crippen LogP contribution in [0.1, 0.15) is 156 Å². The van der Waals surface area contributed by atoms with Gasteiger partial charge in [-0.3, -0.25) is 0 Å². The monoisotopic (exact) mass is 784 g/mol. The molecular formula is C48H74F3N2O3+. The van der Waals surface area contributed by atoms with Crippen LogP contribution in [0.5, 0.6) is 0 Å². The van der Waals surface area contributed by atoms with Gasteiger partial charge in [-0.25, -0.2) is 4.58 Å². The smallest absolute Gasteiger partial charge is 0.393 e. The third-order valence-corrected chi connectivity index (χ3v) is 16.3. The molecule has 0 amide bonds. The van der Waals surface area contributed by atoms with E-state index in [0.29, 0.717) is 72.9 Å². The van der Waals surface area contributed by atoms with E-state index in [2.05, 4.69) is 31.4 Å². The molecule has 0 aromatic rings. The number of halogens is 3. The average Bonchev–Trinajstić information content (AvgIpc) is 4.05. The third kappa shape index (κ3) is 9.97. The topological polar surface area (TPSA) is 76.6 Å². The normalized spacial score (nSPS) is 37.7. The number of hydrogen-bond donors (Lipinski definition) is 3. The van der Waals surface area contributed by atoms with E-state index < -0.39 is 30.1 Å². The first-order valence-electron chi connectivity index (χ1n) is 23.2. The SMILES string of the molecule is CCOC(O)C1CCC(C(C)CCC2CC3=[N+]2C3C2CC(C(O)CCC(=N)C3C=CC(CC=C4CCCC(C)CCC4)=C(C(F)(F)F)C3)CCC2C)C2CC2C1. The second-order valence-electron chi connectivity index (χ2n) is 20.0. The minimum absolute atomic E-state index is 0.162. The summed E-state index contributed by atoms with van der Waals surface area (Å²) in [6.45, 7) is 9.69. The largest absolute Gasteiger partial charge is 0.412 e. The number of nitrogens with one attached hydrogen (secondary N) is 1. The molecule has 4 fully saturated rings. The molecule has 56 heavy (non-hydrogen) atoms. The lowest BCUT2D eigenvalue weighted by molar-refractivity contribution is -0.535. The third-order valence-electron chi connectivity index (χ3n) is 16.3. The van der Waals surface area contributed by atoms with Gasteiger partial charge >= 0.3 is 6.18 Å². The van der Waals surface area contributed by atoms with Crippen molar-refractivity contribution >= 4 is 11.4 Å². The lowest BCUT2D eigenvalue weighted by Gasteiger charge is -2.35. The highest BCUT2D eigenvalue weighted by Gasteiger charge is 2.66. The van der Waals surface area contributed by atoms with Gasteiger partial charge in [0.25, 0.3) is 0 Å². The predicted molar refractivity (Wildman–Crippen MR) is 219 cm³/mol. The number of fused-ring (bicyclic) bond motifs is 1. The van der Waals surface area contributed by atoms with Gasteiger partial charge in [0.1, 0.15) is 0 Å². The van der Waals surface area contributed by atoms with Gasteiger partial charge in [-0.1, -0.05) is 57.4 Å². The van der Waals surface area contributed by atoms with Crippen molar-refractivity contribution in [1.82, 2.24) is 0 Å². The van der Waals surface area contributed by atoms with Crippen LogP contribution in [-0.2, 0) is 4.74 Å². The van der Waals surface area contributed by atoms with Crippen LogP contribution in [0.15, 0.2) is 34.9 Å². The maximum atomic E-state index is 14.3. The van der Waals surface area contributed by atoms with Gasteiger partial charge < -0.3 is 20.4 Å². The first-order valence-corrected chi connectivity index (χ1v) is 23.2. The van der Waals surface area contributed by atoms with Gasteiger partial charge in [0, 0.05) is 42.1 Å². The molecule has 0 radical (unpaired) electrons. The van der Waals surface area contributed by atoms with Gasteiger partial charge in [0.05, 0.1) is 12.5 Å². The zero-order chi connectivity index (χ0) is 39.7. The standard InChI is InChI=1S/C48H74F3N2O3/c1-5-56-47(55)36-19-21-39(41-26-37(41)24-36)30(3)13-20-38-28-44-46(53(38)44)40-25-35(15-12-31(40)4)45(54)23-22-43(52)34-18-17-33(42(27-34)48(49,50)51)16-14-32-10-6-8-29(2)9-7-11-32/h14,17-18,29-31,34-41,45-47,52,54-55H,5-13,15-16,19-28H2,1-4H3/q+1. The Bertz CT molecular complexity index is 1500. The maximum Gasteiger partial charge on any atom is 0.412 e. The molecule has 3 N–H and O–H groups in total. The van der Waals surface area contributed by atoms with Crippen molar-refractivity contribution in [2.45, 2.75) is 187 Å². The number of nitrogens with zero attached hydrogens (tertiary/aromatic N) is 1. The van der Waals surface area contributed by atoms with Crippen LogP contribution >= 0.6 is 0 Å². The van der Waals surface area contributed by atoms with E-state index in [1.165, 1.54) is 50.5 Å². The highest BCUT2D eigenvalue weighted by Crippen LogP contribution is 2.56. The Balaban J connectivity index is 0.851. The molecule has 2 aliphatic heterocycles. The van der Waals surface area contributed by atoms with E-state index >= 15 is 0 Å². The summed E-state index contributed by atoms with van der Waals surface area (Å²) in [4.78, 5) is 0. The summed E-state index contributed by atoms with van der Waals surface area (Å²) in [6.07, 6.45) is 19.2. The molecule has 314 valence electrons. The fraction of sp³-hybridized carbons (Fsp3) is 0.833. The van der Waals surface area contributed by atoms with Crippen molar-refractivity contribution in [3.63, 3.8) is 0 Å². The molecule has 13 unspecified atom stereocenters. The molecule has 4 saturated carbocycles. The number of aliphatic hydroxyl groups is 2. The van der Waals surface area contributed by atoms with Gasteiger partial charge in [-0.2, -0.15) is 13.2 Å². The lowest BCUT2D eigenvalue weighted by Crippen LogP contribution is -2.35. The van der Waals surface area contributed by atoms with Crippen LogP contribution < -0.4 is 0 Å². The molecule has 8 heteroatoms. The first kappa shape index (κ1) is 42.4. The molecule has 7 rings (SSSR count). The summed E-state index contributed by atoms with van der Waals surface area (Å²) in [5, 5.41) is 30.8. The Labute approximate surface area is 336 Å². The van der Waals surface area contributed by atoms with E-state index in [1.807, 2.05) is 13.0 Å². The second-order valence-corrected chi connectivity index (χ2v) is 20.0. The van der Waals surface area contributed by atoms with E-state index in [-0.39, 0.29) is 12.3 Å². The van der Waals surface area contributed by atoms with Crippen LogP contribution in [0.2, 0.25) is 0 Å². The second kappa shape index (κ2) is 18.2. The molecule has 5 aliphatic carbocycles. The summed E-state index contributed by atoms with van der Waals surface area (Å²) in [5.74, 6) is 4.96. The molecule has 0 aromatic carbocycles. The average molecular weight is 784 g/mol. The molecular weight excluding hydrogens is 710 g/mol. The van der Waals surface area contributed by atoms with Crippen molar-refractivity contribution < 1.29 is 32.7 Å². The number of ether oxygens (including phenoxy) is 1. The van der Waals surface area contributed by atoms with Crippen molar-refractivity contribution in [3.8, 4) is 0 Å². The quantitative estimate of drug-likeness (QED) is 0.0670. The predicted octanol–water partition coefficient (Wildman–Crippen LogP) is 11.4. The molecule has 5 nitrogen and oxygen atoms in total. The van der Waals surface area contributed by atoms with E-state index in [1.54, 1.807) is 11.8 Å². The lowest BCUT2D eigenvalue weighted by atomic mass is 9.70. The zero-order valence-corrected chi connectivity index (χ0v) is 35.0. The summed E-state index contributed by atoms with van der Waals surface area (Å²) in [7, 11) is 0. The van der Waals surface area contributed by atoms with Crippen LogP contribution in [0, 0.1) is 64.6 Å². The summed E-state index contributed by atoms with van der Waals surface area (Å²) in [5.41, 5.74) is 3.14. The summed E-state index contributed by atoms with van der Waals surface area (Å²) >= 11 is 0. The Morgan fingerprint density at radius 2 is 1.71 bits per heavy atom. The molecule has 13 atom stereocenters. The first-order chi connectivity index (χ1) is 26.8. The van der Waals surface area contributed by atoms with Crippen molar-refractivity contribution in [3.05, 3.63) is 34.9 Å². The number of aliphatic hydroxyl groups excluding tert-OH is 2. The van der Waals surface area contributed by atoms with Gasteiger partial charge in [0.15, 0.2) is 12.3 Å². The molecule has 0 saturated heterocycles. The van der Waals surface area contributed by atoms with Crippen molar-refractivity contribution in [2.75, 3.05) is 6.61 Å². The van der Waals surface area contributed by atoms with Gasteiger partial charge in [-0.15, -0.1) is 0 Å². The molecule has 0 bridgehead atoms. The molecule has 0 spiro atoms. The van der Waals surface area contributed by atoms with Crippen molar-refractivity contribution in [1.29, 1.82) is 5.41 Å². The van der Waals surface area contributed by atoms with E-state index in [4.69, 9.17) is 10.1 Å². The fourth-order valence-electron chi connectivity index (χ4n) is 12.5. The highest BCUT2D eigenvalue weighted by atomic mass is 19.4. The Kier molecular flexibility index (Phi) is 13.8. The minimum atomic E-state index is -4.40. The van der Waals surface area contributed by atoms with Crippen LogP contribution in [0.25, 0.3) is 0 Å². The summed E-state index contributed by atoms with van der Waals surface area (Å²) in [6, 6.07) is 1.22. The Morgan fingerprint density at radius 1 is 0.964 bits per heavy atom. The van der Waals surface area contributed by atoms with Gasteiger partial charge in [-0.05, 0) is 157 Å². The summed E-state index contributed by atoms with van der Waals surface area (Å²) < 4.78 is 51.3. The van der Waals surface area contributed by atoms with Crippen LogP contribution in [-0.4, -0.2) is 63.5 Å². The number of allylic oxidation sites excluding steroid dienone is 6. The van der Waals surface area contributed by atoms with Crippen molar-refractivity contribution in [2.24, 2.45) is 59.2 Å². The number of hydrogen-bond acceptors (Lipinski definition) is 4. The Hall–Kier alpha value is -1.77. The Morgan fingerprint density at radius 3 is 2.45 bits per heavy atom. The highest BCUT2D eigenvalue weighted by molar-refractivity contribution is 5.95. The number of alkyl halides is 3. The fourth-order valence-corrected chi connectivity index (χ4v) is 12.5. The van der Waals surface area contributed by atoms with Gasteiger partial charge in [0.2, 0.25) is 11.8 Å². The van der Waals surface area contributed by atoms with E-state index in [0.717, 1.165) is 81.5 Å². The number of rotatable bonds is 15. The maximum absolute atomic E-state index is 14.3. The minimum Gasteiger partial charge on any atom is -0.393 e. The molecule has 0 aromatic heterocycles.